The highest BCUT2D eigenvalue weighted by molar-refractivity contribution is 5.96. The van der Waals surface area contributed by atoms with Gasteiger partial charge in [-0.2, -0.15) is 0 Å². The van der Waals surface area contributed by atoms with Gasteiger partial charge < -0.3 is 20.7 Å². The van der Waals surface area contributed by atoms with Crippen molar-refractivity contribution < 1.29 is 19.1 Å². The summed E-state index contributed by atoms with van der Waals surface area (Å²) in [5, 5.41) is 7.15. The van der Waals surface area contributed by atoms with Crippen molar-refractivity contribution in [2.75, 3.05) is 38.3 Å². The Morgan fingerprint density at radius 2 is 1.82 bits per heavy atom. The molecule has 0 aliphatic carbocycles. The largest absolute Gasteiger partial charge is 0.370 e. The first kappa shape index (κ1) is 29.2. The molecule has 0 radical (unpaired) electrons. The Balaban J connectivity index is 1.54. The van der Waals surface area contributed by atoms with Crippen LogP contribution in [-0.4, -0.2) is 62.1 Å². The third-order valence-corrected chi connectivity index (χ3v) is 7.36. The number of para-hydroxylation sites is 1. The predicted molar refractivity (Wildman–Crippen MR) is 157 cm³/mol. The number of rotatable bonds is 13. The van der Waals surface area contributed by atoms with Crippen LogP contribution in [0.5, 0.6) is 0 Å². The fourth-order valence-corrected chi connectivity index (χ4v) is 5.22. The lowest BCUT2D eigenvalue weighted by molar-refractivity contribution is -0.125. The van der Waals surface area contributed by atoms with Crippen molar-refractivity contribution >= 4 is 34.2 Å². The Hall–Kier alpha value is -3.79. The molecular formula is C31H39N5O4. The monoisotopic (exact) mass is 545 g/mol. The number of fused-ring (bicyclic) bond motifs is 1. The minimum atomic E-state index is -0.840. The number of carbonyl (C=O) groups excluding carboxylic acids is 3. The Bertz CT molecular complexity index is 1320. The first-order valence-corrected chi connectivity index (χ1v) is 13.9. The van der Waals surface area contributed by atoms with E-state index in [-0.39, 0.29) is 30.8 Å². The normalized spacial score (nSPS) is 15.7. The van der Waals surface area contributed by atoms with Crippen LogP contribution in [-0.2, 0) is 20.7 Å². The molecule has 9 heteroatoms. The number of nitrogens with zero attached hydrogens (tertiary/aromatic N) is 2. The second kappa shape index (κ2) is 14.0. The smallest absolute Gasteiger partial charge is 0.326 e. The van der Waals surface area contributed by atoms with E-state index < -0.39 is 12.1 Å². The van der Waals surface area contributed by atoms with Gasteiger partial charge in [-0.15, -0.1) is 0 Å². The maximum atomic E-state index is 13.9. The zero-order chi connectivity index (χ0) is 28.5. The second-order valence-electron chi connectivity index (χ2n) is 10.1. The van der Waals surface area contributed by atoms with E-state index in [9.17, 15) is 14.4 Å². The van der Waals surface area contributed by atoms with Crippen molar-refractivity contribution in [2.45, 2.75) is 44.7 Å². The number of hydrogen-bond donors (Lipinski definition) is 3. The number of hydrazine groups is 1. The summed E-state index contributed by atoms with van der Waals surface area (Å²) in [7, 11) is 1.67. The lowest BCUT2D eigenvalue weighted by Crippen LogP contribution is -2.49. The van der Waals surface area contributed by atoms with Crippen LogP contribution >= 0.6 is 0 Å². The van der Waals surface area contributed by atoms with Gasteiger partial charge in [0, 0.05) is 37.3 Å². The van der Waals surface area contributed by atoms with Gasteiger partial charge in [0.15, 0.2) is 5.78 Å². The SMILES string of the molecule is CCN(NC(N)=O)C(C(=O)CCc1ccc2ccccc2c1)c1ccccc1N(C)C(=O)COC[C@H]1CCCN1. The molecule has 1 unspecified atom stereocenters. The Labute approximate surface area is 235 Å². The Kier molecular flexibility index (Phi) is 10.2. The summed E-state index contributed by atoms with van der Waals surface area (Å²) in [6, 6.07) is 20.2. The number of likely N-dealkylation sites (N-methyl/N-ethyl adjacent to an activating group) is 2. The molecule has 1 heterocycles. The average molecular weight is 546 g/mol. The molecule has 4 N–H and O–H groups in total. The zero-order valence-electron chi connectivity index (χ0n) is 23.3. The standard InChI is InChI=1S/C31H39N5O4/c1-3-36(34-31(32)39)30(28(37)17-15-22-14-16-23-9-4-5-10-24(23)19-22)26-12-6-7-13-27(26)35(2)29(38)21-40-20-25-11-8-18-33-25/h4-7,9-10,12-14,16,19,25,30,33H,3,8,11,15,17-18,20-21H2,1-2H3,(H3,32,34,39)/t25-,30?/m1/s1. The number of hydrogen-bond acceptors (Lipinski definition) is 6. The molecule has 1 saturated heterocycles. The van der Waals surface area contributed by atoms with Gasteiger partial charge in [0.1, 0.15) is 12.6 Å². The van der Waals surface area contributed by atoms with E-state index in [1.54, 1.807) is 13.1 Å². The van der Waals surface area contributed by atoms with Gasteiger partial charge in [0.25, 0.3) is 5.91 Å². The highest BCUT2D eigenvalue weighted by atomic mass is 16.5. The molecule has 3 amide bonds. The Morgan fingerprint density at radius 3 is 2.55 bits per heavy atom. The van der Waals surface area contributed by atoms with Crippen LogP contribution in [0.1, 0.15) is 43.4 Å². The summed E-state index contributed by atoms with van der Waals surface area (Å²) in [6.07, 6.45) is 2.92. The van der Waals surface area contributed by atoms with Crippen LogP contribution in [0.4, 0.5) is 10.5 Å². The predicted octanol–water partition coefficient (Wildman–Crippen LogP) is 3.72. The molecule has 40 heavy (non-hydrogen) atoms. The highest BCUT2D eigenvalue weighted by Crippen LogP contribution is 2.31. The summed E-state index contributed by atoms with van der Waals surface area (Å²) in [4.78, 5) is 40.3. The number of benzene rings is 3. The molecule has 9 nitrogen and oxygen atoms in total. The molecule has 4 rings (SSSR count). The number of ketones is 1. The van der Waals surface area contributed by atoms with E-state index in [0.29, 0.717) is 30.8 Å². The molecule has 0 bridgehead atoms. The van der Waals surface area contributed by atoms with Crippen LogP contribution in [0.15, 0.2) is 66.7 Å². The van der Waals surface area contributed by atoms with Crippen LogP contribution in [0.25, 0.3) is 10.8 Å². The molecule has 0 aromatic heterocycles. The summed E-state index contributed by atoms with van der Waals surface area (Å²) in [5.74, 6) is -0.320. The maximum absolute atomic E-state index is 13.9. The summed E-state index contributed by atoms with van der Waals surface area (Å²) >= 11 is 0. The topological polar surface area (TPSA) is 117 Å². The third kappa shape index (κ3) is 7.44. The molecule has 3 aromatic carbocycles. The average Bonchev–Trinajstić information content (AvgIpc) is 3.48. The van der Waals surface area contributed by atoms with Gasteiger partial charge in [0.05, 0.1) is 6.61 Å². The third-order valence-electron chi connectivity index (χ3n) is 7.36. The van der Waals surface area contributed by atoms with E-state index in [2.05, 4.69) is 35.0 Å². The Morgan fingerprint density at radius 1 is 1.07 bits per heavy atom. The minimum Gasteiger partial charge on any atom is -0.370 e. The molecule has 0 saturated carbocycles. The summed E-state index contributed by atoms with van der Waals surface area (Å²) in [6.45, 7) is 3.55. The van der Waals surface area contributed by atoms with Gasteiger partial charge in [-0.25, -0.2) is 9.80 Å². The number of nitrogens with one attached hydrogen (secondary N) is 2. The number of amides is 3. The number of urea groups is 1. The number of aryl methyl sites for hydroxylation is 1. The molecule has 212 valence electrons. The quantitative estimate of drug-likeness (QED) is 0.282. The summed E-state index contributed by atoms with van der Waals surface area (Å²) < 4.78 is 5.70. The number of nitrogens with two attached hydrogens (primary N) is 1. The maximum Gasteiger partial charge on any atom is 0.326 e. The number of anilines is 1. The molecule has 1 aliphatic heterocycles. The van der Waals surface area contributed by atoms with E-state index in [1.165, 1.54) is 9.91 Å². The van der Waals surface area contributed by atoms with Crippen molar-refractivity contribution in [3.63, 3.8) is 0 Å². The fourth-order valence-electron chi connectivity index (χ4n) is 5.22. The van der Waals surface area contributed by atoms with Crippen LogP contribution in [0.2, 0.25) is 0 Å². The lowest BCUT2D eigenvalue weighted by atomic mass is 9.94. The molecular weight excluding hydrogens is 506 g/mol. The highest BCUT2D eigenvalue weighted by Gasteiger charge is 2.31. The van der Waals surface area contributed by atoms with Gasteiger partial charge in [-0.3, -0.25) is 15.0 Å². The summed E-state index contributed by atoms with van der Waals surface area (Å²) in [5.41, 5.74) is 10.3. The minimum absolute atomic E-state index is 0.0688. The van der Waals surface area contributed by atoms with Crippen molar-refractivity contribution in [3.8, 4) is 0 Å². The van der Waals surface area contributed by atoms with Crippen molar-refractivity contribution in [1.82, 2.24) is 15.8 Å². The molecule has 3 aromatic rings. The van der Waals surface area contributed by atoms with E-state index >= 15 is 0 Å². The number of carbonyl (C=O) groups is 3. The first-order valence-electron chi connectivity index (χ1n) is 13.9. The molecule has 1 aliphatic rings. The van der Waals surface area contributed by atoms with Gasteiger partial charge in [-0.05, 0) is 48.2 Å². The zero-order valence-corrected chi connectivity index (χ0v) is 23.3. The van der Waals surface area contributed by atoms with Gasteiger partial charge in [0.2, 0.25) is 0 Å². The van der Waals surface area contributed by atoms with E-state index in [4.69, 9.17) is 10.5 Å². The van der Waals surface area contributed by atoms with E-state index in [1.807, 2.05) is 43.3 Å². The van der Waals surface area contributed by atoms with Gasteiger partial charge in [-0.1, -0.05) is 67.6 Å². The lowest BCUT2D eigenvalue weighted by Gasteiger charge is -2.32. The second-order valence-corrected chi connectivity index (χ2v) is 10.1. The number of primary amides is 1. The van der Waals surface area contributed by atoms with Crippen LogP contribution < -0.4 is 21.4 Å². The van der Waals surface area contributed by atoms with E-state index in [0.717, 1.165) is 35.7 Å². The number of ether oxygens (including phenoxy) is 1. The van der Waals surface area contributed by atoms with Crippen molar-refractivity contribution in [3.05, 3.63) is 77.9 Å². The van der Waals surface area contributed by atoms with Crippen LogP contribution in [0, 0.1) is 0 Å². The number of Topliss-reactive ketones (excluding diaryl/α,β-unsaturated/α-hetero) is 1. The van der Waals surface area contributed by atoms with Crippen molar-refractivity contribution in [1.29, 1.82) is 0 Å². The molecule has 1 fully saturated rings. The molecule has 0 spiro atoms. The van der Waals surface area contributed by atoms with Crippen molar-refractivity contribution in [2.24, 2.45) is 5.73 Å². The first-order chi connectivity index (χ1) is 19.4. The molecule has 2 atom stereocenters. The van der Waals surface area contributed by atoms with Gasteiger partial charge >= 0.3 is 6.03 Å². The van der Waals surface area contributed by atoms with Crippen LogP contribution in [0.3, 0.4) is 0 Å². The fraction of sp³-hybridized carbons (Fsp3) is 0.387.